The van der Waals surface area contributed by atoms with Crippen LogP contribution >= 0.6 is 23.1 Å². The predicted molar refractivity (Wildman–Crippen MR) is 112 cm³/mol. The quantitative estimate of drug-likeness (QED) is 0.397. The molecule has 10 heteroatoms. The smallest absolute Gasteiger partial charge is 0.198 e. The van der Waals surface area contributed by atoms with Crippen LogP contribution in [0, 0.1) is 5.82 Å². The molecule has 30 heavy (non-hydrogen) atoms. The van der Waals surface area contributed by atoms with E-state index < -0.39 is 0 Å². The first-order valence-corrected chi connectivity index (χ1v) is 11.1. The highest BCUT2D eigenvalue weighted by atomic mass is 32.2. The molecule has 6 rings (SSSR count). The van der Waals surface area contributed by atoms with E-state index in [0.717, 1.165) is 28.7 Å². The lowest BCUT2D eigenvalue weighted by atomic mass is 10.2. The zero-order valence-corrected chi connectivity index (χ0v) is 17.1. The number of hydrogen-bond donors (Lipinski definition) is 0. The van der Waals surface area contributed by atoms with Crippen molar-refractivity contribution in [1.82, 2.24) is 34.6 Å². The minimum Gasteiger partial charge on any atom is -0.298 e. The van der Waals surface area contributed by atoms with Crippen LogP contribution in [-0.4, -0.2) is 34.6 Å². The molecule has 0 bridgehead atoms. The molecule has 0 saturated heterocycles. The van der Waals surface area contributed by atoms with Gasteiger partial charge in [0.25, 0.3) is 0 Å². The summed E-state index contributed by atoms with van der Waals surface area (Å²) in [6.07, 6.45) is 2.25. The van der Waals surface area contributed by atoms with Crippen molar-refractivity contribution in [3.8, 4) is 22.1 Å². The summed E-state index contributed by atoms with van der Waals surface area (Å²) in [5.41, 5.74) is 0.918. The first kappa shape index (κ1) is 17.7. The molecule has 0 aliphatic heterocycles. The Kier molecular flexibility index (Phi) is 4.13. The second-order valence-electron chi connectivity index (χ2n) is 6.93. The molecule has 0 spiro atoms. The number of thiophene rings is 1. The van der Waals surface area contributed by atoms with E-state index in [-0.39, 0.29) is 5.82 Å². The third kappa shape index (κ3) is 2.99. The fourth-order valence-electron chi connectivity index (χ4n) is 3.31. The van der Waals surface area contributed by atoms with E-state index in [0.29, 0.717) is 28.1 Å². The Morgan fingerprint density at radius 2 is 1.80 bits per heavy atom. The minimum atomic E-state index is -0.360. The van der Waals surface area contributed by atoms with Crippen LogP contribution in [0.1, 0.15) is 18.9 Å². The maximum Gasteiger partial charge on any atom is 0.198 e. The molecule has 4 aromatic heterocycles. The number of rotatable bonds is 5. The van der Waals surface area contributed by atoms with Crippen LogP contribution in [0.2, 0.25) is 0 Å². The van der Waals surface area contributed by atoms with Gasteiger partial charge < -0.3 is 0 Å². The number of halogens is 1. The zero-order chi connectivity index (χ0) is 20.1. The fraction of sp³-hybridized carbons (Fsp3) is 0.150. The number of nitrogens with zero attached hydrogens (tertiary/aromatic N) is 7. The summed E-state index contributed by atoms with van der Waals surface area (Å²) in [7, 11) is 0. The second-order valence-corrected chi connectivity index (χ2v) is 8.87. The Balaban J connectivity index is 1.40. The van der Waals surface area contributed by atoms with Crippen molar-refractivity contribution in [2.24, 2.45) is 0 Å². The van der Waals surface area contributed by atoms with Crippen molar-refractivity contribution in [1.29, 1.82) is 0 Å². The molecule has 4 heterocycles. The van der Waals surface area contributed by atoms with Gasteiger partial charge in [-0.3, -0.25) is 4.57 Å². The van der Waals surface area contributed by atoms with Crippen LogP contribution in [0.5, 0.6) is 0 Å². The van der Waals surface area contributed by atoms with E-state index in [1.807, 2.05) is 23.6 Å². The van der Waals surface area contributed by atoms with Gasteiger partial charge in [0.1, 0.15) is 10.8 Å². The Labute approximate surface area is 178 Å². The van der Waals surface area contributed by atoms with Crippen LogP contribution in [0.25, 0.3) is 27.7 Å². The Morgan fingerprint density at radius 3 is 2.60 bits per heavy atom. The summed E-state index contributed by atoms with van der Waals surface area (Å²) in [5.74, 6) is 0.904. The number of aromatic nitrogens is 7. The molecule has 1 saturated carbocycles. The molecule has 5 aromatic rings. The number of benzene rings is 1. The maximum absolute atomic E-state index is 14.3. The van der Waals surface area contributed by atoms with Gasteiger partial charge in [-0.15, -0.1) is 31.7 Å². The molecule has 148 valence electrons. The monoisotopic (exact) mass is 435 g/mol. The number of hydrogen-bond acceptors (Lipinski definition) is 7. The number of fused-ring (bicyclic) bond motifs is 1. The standard InChI is InChI=1S/C20H14FN7S2/c21-14-5-2-1-4-13(14)18-23-22-16-9-10-17(26-28(16)18)30-20-25-24-19(15-6-3-11-29-15)27(20)12-7-8-12/h1-6,9-12H,7-8H2. The lowest BCUT2D eigenvalue weighted by molar-refractivity contribution is 0.628. The van der Waals surface area contributed by atoms with Gasteiger partial charge in [-0.05, 0) is 60.3 Å². The molecule has 0 radical (unpaired) electrons. The Hall–Kier alpha value is -3.11. The highest BCUT2D eigenvalue weighted by molar-refractivity contribution is 7.99. The molecule has 1 aromatic carbocycles. The van der Waals surface area contributed by atoms with Gasteiger partial charge in [0.05, 0.1) is 10.4 Å². The third-order valence-electron chi connectivity index (χ3n) is 4.87. The first-order chi connectivity index (χ1) is 14.8. The molecule has 0 unspecified atom stereocenters. The topological polar surface area (TPSA) is 73.8 Å². The van der Waals surface area contributed by atoms with Gasteiger partial charge >= 0.3 is 0 Å². The van der Waals surface area contributed by atoms with Gasteiger partial charge in [-0.2, -0.15) is 9.61 Å². The van der Waals surface area contributed by atoms with Crippen LogP contribution in [0.4, 0.5) is 4.39 Å². The maximum atomic E-state index is 14.3. The summed E-state index contributed by atoms with van der Waals surface area (Å²) in [6, 6.07) is 14.7. The van der Waals surface area contributed by atoms with E-state index >= 15 is 0 Å². The summed E-state index contributed by atoms with van der Waals surface area (Å²) in [4.78, 5) is 1.10. The Bertz CT molecular complexity index is 1360. The lowest BCUT2D eigenvalue weighted by Crippen LogP contribution is -2.01. The van der Waals surface area contributed by atoms with Gasteiger partial charge in [0.15, 0.2) is 22.5 Å². The van der Waals surface area contributed by atoms with E-state index in [9.17, 15) is 4.39 Å². The van der Waals surface area contributed by atoms with Crippen LogP contribution in [0.3, 0.4) is 0 Å². The van der Waals surface area contributed by atoms with Crippen molar-refractivity contribution in [2.75, 3.05) is 0 Å². The molecule has 1 aliphatic carbocycles. The van der Waals surface area contributed by atoms with Crippen molar-refractivity contribution in [3.63, 3.8) is 0 Å². The predicted octanol–water partition coefficient (Wildman–Crippen LogP) is 4.74. The molecule has 1 fully saturated rings. The highest BCUT2D eigenvalue weighted by Gasteiger charge is 2.31. The van der Waals surface area contributed by atoms with Gasteiger partial charge in [0.2, 0.25) is 0 Å². The summed E-state index contributed by atoms with van der Waals surface area (Å²) >= 11 is 3.09. The van der Waals surface area contributed by atoms with Gasteiger partial charge in [0, 0.05) is 6.04 Å². The van der Waals surface area contributed by atoms with E-state index in [1.165, 1.54) is 17.8 Å². The van der Waals surface area contributed by atoms with Crippen molar-refractivity contribution in [3.05, 3.63) is 59.7 Å². The largest absolute Gasteiger partial charge is 0.298 e. The SMILES string of the molecule is Fc1ccccc1-c1nnc2ccc(Sc3nnc(-c4cccs4)n3C3CC3)nn12. The molecule has 0 atom stereocenters. The average molecular weight is 436 g/mol. The van der Waals surface area contributed by atoms with E-state index in [4.69, 9.17) is 0 Å². The zero-order valence-electron chi connectivity index (χ0n) is 15.5. The Morgan fingerprint density at radius 1 is 0.933 bits per heavy atom. The third-order valence-corrected chi connectivity index (χ3v) is 6.62. The summed E-state index contributed by atoms with van der Waals surface area (Å²) in [6.45, 7) is 0. The summed E-state index contributed by atoms with van der Waals surface area (Å²) < 4.78 is 18.0. The normalized spacial score (nSPS) is 13.9. The van der Waals surface area contributed by atoms with Gasteiger partial charge in [-0.1, -0.05) is 18.2 Å². The molecule has 7 nitrogen and oxygen atoms in total. The van der Waals surface area contributed by atoms with Crippen molar-refractivity contribution >= 4 is 28.7 Å². The molecular weight excluding hydrogens is 421 g/mol. The van der Waals surface area contributed by atoms with Crippen LogP contribution in [-0.2, 0) is 0 Å². The lowest BCUT2D eigenvalue weighted by Gasteiger charge is -2.07. The van der Waals surface area contributed by atoms with Crippen LogP contribution in [0.15, 0.2) is 64.1 Å². The summed E-state index contributed by atoms with van der Waals surface area (Å²) in [5, 5.41) is 25.3. The first-order valence-electron chi connectivity index (χ1n) is 9.42. The fourth-order valence-corrected chi connectivity index (χ4v) is 4.88. The van der Waals surface area contributed by atoms with Crippen molar-refractivity contribution < 1.29 is 4.39 Å². The molecular formula is C20H14FN7S2. The minimum absolute atomic E-state index is 0.360. The van der Waals surface area contributed by atoms with Gasteiger partial charge in [-0.25, -0.2) is 4.39 Å². The second kappa shape index (κ2) is 6.99. The van der Waals surface area contributed by atoms with Crippen LogP contribution < -0.4 is 0 Å². The molecule has 0 amide bonds. The van der Waals surface area contributed by atoms with E-state index in [1.54, 1.807) is 34.1 Å². The highest BCUT2D eigenvalue weighted by Crippen LogP contribution is 2.42. The average Bonchev–Trinajstić information content (AvgIpc) is 3.16. The van der Waals surface area contributed by atoms with Crippen molar-refractivity contribution in [2.45, 2.75) is 29.1 Å². The molecule has 0 N–H and O–H groups in total. The molecule has 1 aliphatic rings. The van der Waals surface area contributed by atoms with E-state index in [2.05, 4.69) is 36.1 Å².